The summed E-state index contributed by atoms with van der Waals surface area (Å²) in [6.45, 7) is 6.08. The first-order chi connectivity index (χ1) is 18.7. The number of benzene rings is 3. The second-order valence-corrected chi connectivity index (χ2v) is 10.1. The van der Waals surface area contributed by atoms with Crippen molar-refractivity contribution in [2.75, 3.05) is 38.3 Å². The highest BCUT2D eigenvalue weighted by Gasteiger charge is 2.28. The van der Waals surface area contributed by atoms with Crippen molar-refractivity contribution in [2.24, 2.45) is 5.10 Å². The predicted octanol–water partition coefficient (Wildman–Crippen LogP) is 4.16. The van der Waals surface area contributed by atoms with Crippen LogP contribution >= 0.6 is 0 Å². The number of nitrogens with one attached hydrogen (secondary N) is 1. The Morgan fingerprint density at radius 1 is 0.872 bits per heavy atom. The van der Waals surface area contributed by atoms with Crippen molar-refractivity contribution in [3.05, 3.63) is 71.8 Å². The number of hydrazone groups is 1. The molecule has 0 bridgehead atoms. The van der Waals surface area contributed by atoms with E-state index in [1.807, 2.05) is 20.8 Å². The van der Waals surface area contributed by atoms with Gasteiger partial charge in [0, 0.05) is 6.07 Å². The predicted molar refractivity (Wildman–Crippen MR) is 150 cm³/mol. The van der Waals surface area contributed by atoms with Crippen LogP contribution in [0.5, 0.6) is 23.0 Å². The summed E-state index contributed by atoms with van der Waals surface area (Å²) >= 11 is 0. The van der Waals surface area contributed by atoms with E-state index >= 15 is 0 Å². The van der Waals surface area contributed by atoms with Crippen molar-refractivity contribution in [2.45, 2.75) is 25.7 Å². The van der Waals surface area contributed by atoms with E-state index in [0.717, 1.165) is 9.87 Å². The highest BCUT2D eigenvalue weighted by Crippen LogP contribution is 2.32. The molecule has 0 heterocycles. The lowest BCUT2D eigenvalue weighted by Crippen LogP contribution is -2.39. The number of aryl methyl sites for hydroxylation is 1. The van der Waals surface area contributed by atoms with Crippen molar-refractivity contribution in [3.63, 3.8) is 0 Å². The number of carbonyl (C=O) groups is 1. The molecule has 0 aliphatic heterocycles. The fraction of sp³-hybridized carbons (Fsp3) is 0.286. The maximum atomic E-state index is 13.7. The second kappa shape index (κ2) is 13.5. The number of rotatable bonds is 13. The number of methoxy groups -OCH3 is 2. The molecule has 0 saturated heterocycles. The summed E-state index contributed by atoms with van der Waals surface area (Å²) in [5.41, 5.74) is 4.33. The number of nitrogens with zero attached hydrogens (tertiary/aromatic N) is 2. The van der Waals surface area contributed by atoms with Gasteiger partial charge in [0.2, 0.25) is 0 Å². The van der Waals surface area contributed by atoms with Gasteiger partial charge < -0.3 is 18.9 Å². The van der Waals surface area contributed by atoms with Gasteiger partial charge in [-0.05, 0) is 68.8 Å². The standard InChI is InChI=1S/C28H33N3O7S/c1-6-37-25-14-10-21(16-27(25)38-7-2)18-29-30-28(32)19-31(22-11-8-20(3)9-12-22)39(33,34)23-13-15-24(35-4)26(17-23)36-5/h8-18H,6-7,19H2,1-5H3,(H,30,32)/b29-18-. The maximum Gasteiger partial charge on any atom is 0.264 e. The second-order valence-electron chi connectivity index (χ2n) is 8.23. The Labute approximate surface area is 229 Å². The summed E-state index contributed by atoms with van der Waals surface area (Å²) in [6, 6.07) is 16.3. The van der Waals surface area contributed by atoms with Gasteiger partial charge in [0.25, 0.3) is 15.9 Å². The minimum absolute atomic E-state index is 0.0603. The normalized spacial score (nSPS) is 11.2. The molecule has 3 rings (SSSR count). The van der Waals surface area contributed by atoms with E-state index in [1.165, 1.54) is 38.6 Å². The largest absolute Gasteiger partial charge is 0.493 e. The van der Waals surface area contributed by atoms with Gasteiger partial charge in [-0.25, -0.2) is 13.8 Å². The van der Waals surface area contributed by atoms with Crippen LogP contribution < -0.4 is 28.7 Å². The van der Waals surface area contributed by atoms with Crippen LogP contribution in [0.2, 0.25) is 0 Å². The summed E-state index contributed by atoms with van der Waals surface area (Å²) in [4.78, 5) is 12.8. The topological polar surface area (TPSA) is 116 Å². The van der Waals surface area contributed by atoms with Crippen LogP contribution in [0.1, 0.15) is 25.0 Å². The quantitative estimate of drug-likeness (QED) is 0.249. The van der Waals surface area contributed by atoms with Gasteiger partial charge in [-0.1, -0.05) is 17.7 Å². The molecule has 0 aliphatic carbocycles. The van der Waals surface area contributed by atoms with E-state index in [4.69, 9.17) is 18.9 Å². The third-order valence-electron chi connectivity index (χ3n) is 5.52. The first-order valence-electron chi connectivity index (χ1n) is 12.3. The molecule has 11 heteroatoms. The molecule has 1 N–H and O–H groups in total. The highest BCUT2D eigenvalue weighted by molar-refractivity contribution is 7.92. The van der Waals surface area contributed by atoms with Gasteiger partial charge in [-0.2, -0.15) is 5.10 Å². The summed E-state index contributed by atoms with van der Waals surface area (Å²) in [5.74, 6) is 1.16. The van der Waals surface area contributed by atoms with E-state index in [-0.39, 0.29) is 10.6 Å². The number of sulfonamides is 1. The Hall–Kier alpha value is -4.25. The molecule has 0 unspecified atom stereocenters. The smallest absolute Gasteiger partial charge is 0.264 e. The molecule has 0 atom stereocenters. The van der Waals surface area contributed by atoms with E-state index < -0.39 is 22.5 Å². The molecular formula is C28H33N3O7S. The summed E-state index contributed by atoms with van der Waals surface area (Å²) in [7, 11) is -1.29. The number of ether oxygens (including phenoxy) is 4. The van der Waals surface area contributed by atoms with Crippen LogP contribution in [-0.2, 0) is 14.8 Å². The van der Waals surface area contributed by atoms with Gasteiger partial charge in [0.1, 0.15) is 6.54 Å². The molecular weight excluding hydrogens is 522 g/mol. The zero-order valence-corrected chi connectivity index (χ0v) is 23.4. The molecule has 39 heavy (non-hydrogen) atoms. The van der Waals surface area contributed by atoms with Crippen LogP contribution in [0.4, 0.5) is 5.69 Å². The van der Waals surface area contributed by atoms with Crippen molar-refractivity contribution in [1.82, 2.24) is 5.43 Å². The zero-order valence-electron chi connectivity index (χ0n) is 22.6. The van der Waals surface area contributed by atoms with E-state index in [9.17, 15) is 13.2 Å². The number of carbonyl (C=O) groups excluding carboxylic acids is 1. The van der Waals surface area contributed by atoms with Gasteiger partial charge in [-0.3, -0.25) is 9.10 Å². The number of hydrogen-bond acceptors (Lipinski definition) is 8. The van der Waals surface area contributed by atoms with E-state index in [0.29, 0.717) is 41.7 Å². The minimum atomic E-state index is -4.16. The van der Waals surface area contributed by atoms with Gasteiger partial charge >= 0.3 is 0 Å². The van der Waals surface area contributed by atoms with Crippen molar-refractivity contribution in [1.29, 1.82) is 0 Å². The van der Waals surface area contributed by atoms with E-state index in [2.05, 4.69) is 10.5 Å². The Balaban J connectivity index is 1.84. The highest BCUT2D eigenvalue weighted by atomic mass is 32.2. The lowest BCUT2D eigenvalue weighted by atomic mass is 10.2. The molecule has 10 nitrogen and oxygen atoms in total. The summed E-state index contributed by atoms with van der Waals surface area (Å²) < 4.78 is 50.1. The fourth-order valence-corrected chi connectivity index (χ4v) is 5.06. The van der Waals surface area contributed by atoms with Crippen molar-refractivity contribution in [3.8, 4) is 23.0 Å². The SMILES string of the molecule is CCOc1ccc(/C=N\NC(=O)CN(c2ccc(C)cc2)S(=O)(=O)c2ccc(OC)c(OC)c2)cc1OCC. The van der Waals surface area contributed by atoms with Gasteiger partial charge in [-0.15, -0.1) is 0 Å². The van der Waals surface area contributed by atoms with Crippen LogP contribution in [0, 0.1) is 6.92 Å². The average Bonchev–Trinajstić information content (AvgIpc) is 2.93. The van der Waals surface area contributed by atoms with Crippen LogP contribution in [0.15, 0.2) is 70.7 Å². The molecule has 0 saturated carbocycles. The molecule has 3 aromatic rings. The number of anilines is 1. The molecule has 0 aromatic heterocycles. The van der Waals surface area contributed by atoms with Crippen LogP contribution in [0.25, 0.3) is 0 Å². The Bertz CT molecular complexity index is 1410. The minimum Gasteiger partial charge on any atom is -0.493 e. The Morgan fingerprint density at radius 3 is 2.15 bits per heavy atom. The number of hydrogen-bond donors (Lipinski definition) is 1. The molecule has 0 aliphatic rings. The van der Waals surface area contributed by atoms with Crippen molar-refractivity contribution >= 4 is 27.8 Å². The molecule has 208 valence electrons. The Kier molecular flexibility index (Phi) is 10.2. The van der Waals surface area contributed by atoms with Gasteiger partial charge in [0.15, 0.2) is 23.0 Å². The Morgan fingerprint density at radius 2 is 1.51 bits per heavy atom. The molecule has 0 radical (unpaired) electrons. The van der Waals surface area contributed by atoms with Gasteiger partial charge in [0.05, 0.1) is 44.2 Å². The van der Waals surface area contributed by atoms with E-state index in [1.54, 1.807) is 42.5 Å². The van der Waals surface area contributed by atoms with Crippen LogP contribution in [0.3, 0.4) is 0 Å². The summed E-state index contributed by atoms with van der Waals surface area (Å²) in [5, 5.41) is 4.01. The molecule has 3 aromatic carbocycles. The third kappa shape index (κ3) is 7.41. The summed E-state index contributed by atoms with van der Waals surface area (Å²) in [6.07, 6.45) is 1.44. The average molecular weight is 556 g/mol. The zero-order chi connectivity index (χ0) is 28.4. The fourth-order valence-electron chi connectivity index (χ4n) is 3.62. The lowest BCUT2D eigenvalue weighted by molar-refractivity contribution is -0.119. The molecule has 1 amide bonds. The molecule has 0 spiro atoms. The lowest BCUT2D eigenvalue weighted by Gasteiger charge is -2.24. The van der Waals surface area contributed by atoms with Crippen LogP contribution in [-0.4, -0.2) is 54.5 Å². The molecule has 0 fully saturated rings. The number of amides is 1. The first-order valence-corrected chi connectivity index (χ1v) is 13.7. The third-order valence-corrected chi connectivity index (χ3v) is 7.29. The first kappa shape index (κ1) is 29.3. The maximum absolute atomic E-state index is 13.7. The monoisotopic (exact) mass is 555 g/mol. The van der Waals surface area contributed by atoms with Crippen molar-refractivity contribution < 1.29 is 32.2 Å².